The van der Waals surface area contributed by atoms with Crippen LogP contribution in [0, 0.1) is 0 Å². The summed E-state index contributed by atoms with van der Waals surface area (Å²) in [7, 11) is 1.48. The molecule has 1 aliphatic rings. The number of carbonyl (C=O) groups excluding carboxylic acids is 1. The second-order valence-electron chi connectivity index (χ2n) is 4.95. The maximum atomic E-state index is 12.3. The van der Waals surface area contributed by atoms with Crippen LogP contribution in [0.2, 0.25) is 0 Å². The number of aromatic hydroxyl groups is 2. The van der Waals surface area contributed by atoms with E-state index in [-0.39, 0.29) is 17.3 Å². The molecule has 0 atom stereocenters. The van der Waals surface area contributed by atoms with Crippen LogP contribution < -0.4 is 4.74 Å². The van der Waals surface area contributed by atoms with Gasteiger partial charge in [-0.1, -0.05) is 6.07 Å². The van der Waals surface area contributed by atoms with E-state index in [9.17, 15) is 15.0 Å². The number of rotatable bonds is 2. The highest BCUT2D eigenvalue weighted by Crippen LogP contribution is 2.32. The standard InChI is InChI=1S/C17H14O4/c1-21-16-5-2-10(7-15(16)19)6-12-8-11-9-13(18)3-4-14(11)17(12)20/h2-7,9,18-19H,8H2,1H3/b12-6+. The molecule has 3 rings (SSSR count). The largest absolute Gasteiger partial charge is 0.508 e. The first-order valence-electron chi connectivity index (χ1n) is 6.52. The first kappa shape index (κ1) is 13.2. The number of Topliss-reactive ketones (excluding diaryl/α,β-unsaturated/α-hetero) is 1. The number of benzene rings is 2. The highest BCUT2D eigenvalue weighted by molar-refractivity contribution is 6.15. The maximum absolute atomic E-state index is 12.3. The number of carbonyl (C=O) groups is 1. The molecule has 2 N–H and O–H groups in total. The van der Waals surface area contributed by atoms with Crippen LogP contribution in [0.25, 0.3) is 6.08 Å². The number of fused-ring (bicyclic) bond motifs is 1. The van der Waals surface area contributed by atoms with Crippen molar-refractivity contribution < 1.29 is 19.7 Å². The Morgan fingerprint density at radius 1 is 1.14 bits per heavy atom. The van der Waals surface area contributed by atoms with Gasteiger partial charge in [-0.25, -0.2) is 0 Å². The average Bonchev–Trinajstić information content (AvgIpc) is 2.75. The van der Waals surface area contributed by atoms with Crippen molar-refractivity contribution >= 4 is 11.9 Å². The molecule has 0 saturated carbocycles. The summed E-state index contributed by atoms with van der Waals surface area (Å²) in [5.74, 6) is 0.542. The number of hydrogen-bond donors (Lipinski definition) is 2. The molecule has 0 radical (unpaired) electrons. The number of allylic oxidation sites excluding steroid dienone is 1. The fourth-order valence-corrected chi connectivity index (χ4v) is 2.52. The number of hydrogen-bond acceptors (Lipinski definition) is 4. The van der Waals surface area contributed by atoms with Crippen molar-refractivity contribution in [2.24, 2.45) is 0 Å². The Hall–Kier alpha value is -2.75. The molecule has 0 amide bonds. The van der Waals surface area contributed by atoms with Gasteiger partial charge in [0.25, 0.3) is 0 Å². The van der Waals surface area contributed by atoms with Crippen molar-refractivity contribution in [1.82, 2.24) is 0 Å². The van der Waals surface area contributed by atoms with E-state index in [0.717, 1.165) is 11.1 Å². The molecule has 0 unspecified atom stereocenters. The van der Waals surface area contributed by atoms with Crippen LogP contribution in [0.4, 0.5) is 0 Å². The molecule has 4 heteroatoms. The molecule has 0 bridgehead atoms. The van der Waals surface area contributed by atoms with Crippen LogP contribution in [0.5, 0.6) is 17.2 Å². The van der Waals surface area contributed by atoms with Gasteiger partial charge in [0, 0.05) is 17.6 Å². The second-order valence-corrected chi connectivity index (χ2v) is 4.95. The van der Waals surface area contributed by atoms with E-state index in [2.05, 4.69) is 0 Å². The summed E-state index contributed by atoms with van der Waals surface area (Å²) in [5, 5.41) is 19.2. The molecule has 21 heavy (non-hydrogen) atoms. The third-order valence-electron chi connectivity index (χ3n) is 3.55. The predicted octanol–water partition coefficient (Wildman–Crippen LogP) is 2.93. The summed E-state index contributed by atoms with van der Waals surface area (Å²) in [6.07, 6.45) is 2.23. The Kier molecular flexibility index (Phi) is 3.14. The Balaban J connectivity index is 1.95. The summed E-state index contributed by atoms with van der Waals surface area (Å²) < 4.78 is 4.99. The number of phenolic OH excluding ortho intramolecular Hbond substituents is 2. The summed E-state index contributed by atoms with van der Waals surface area (Å²) in [6.45, 7) is 0. The van der Waals surface area contributed by atoms with E-state index in [0.29, 0.717) is 23.3 Å². The fraction of sp³-hybridized carbons (Fsp3) is 0.118. The van der Waals surface area contributed by atoms with E-state index in [1.165, 1.54) is 13.2 Å². The Labute approximate surface area is 121 Å². The highest BCUT2D eigenvalue weighted by atomic mass is 16.5. The van der Waals surface area contributed by atoms with Crippen molar-refractivity contribution in [3.63, 3.8) is 0 Å². The lowest BCUT2D eigenvalue weighted by molar-refractivity contribution is 0.104. The molecule has 0 aliphatic heterocycles. The van der Waals surface area contributed by atoms with E-state index < -0.39 is 0 Å². The molecule has 0 aromatic heterocycles. The Morgan fingerprint density at radius 2 is 1.95 bits per heavy atom. The van der Waals surface area contributed by atoms with Crippen LogP contribution in [-0.4, -0.2) is 23.1 Å². The summed E-state index contributed by atoms with van der Waals surface area (Å²) in [5.41, 5.74) is 2.81. The molecule has 0 saturated heterocycles. The van der Waals surface area contributed by atoms with Gasteiger partial charge in [-0.3, -0.25) is 4.79 Å². The number of methoxy groups -OCH3 is 1. The van der Waals surface area contributed by atoms with Gasteiger partial charge in [0.1, 0.15) is 5.75 Å². The first-order valence-corrected chi connectivity index (χ1v) is 6.52. The van der Waals surface area contributed by atoms with E-state index >= 15 is 0 Å². The fourth-order valence-electron chi connectivity index (χ4n) is 2.52. The monoisotopic (exact) mass is 282 g/mol. The average molecular weight is 282 g/mol. The molecule has 2 aromatic rings. The smallest absolute Gasteiger partial charge is 0.189 e. The predicted molar refractivity (Wildman–Crippen MR) is 78.8 cm³/mol. The van der Waals surface area contributed by atoms with Gasteiger partial charge in [-0.05, 0) is 47.5 Å². The zero-order chi connectivity index (χ0) is 15.0. The maximum Gasteiger partial charge on any atom is 0.189 e. The topological polar surface area (TPSA) is 66.8 Å². The van der Waals surface area contributed by atoms with E-state index in [1.807, 2.05) is 0 Å². The zero-order valence-electron chi connectivity index (χ0n) is 11.5. The minimum absolute atomic E-state index is 0.0347. The molecule has 0 fully saturated rings. The Morgan fingerprint density at radius 3 is 2.67 bits per heavy atom. The SMILES string of the molecule is COc1ccc(/C=C2\Cc3cc(O)ccc3C2=O)cc1O. The Bertz CT molecular complexity index is 759. The molecule has 106 valence electrons. The van der Waals surface area contributed by atoms with Gasteiger partial charge in [-0.2, -0.15) is 0 Å². The lowest BCUT2D eigenvalue weighted by Crippen LogP contribution is -1.95. The molecular formula is C17H14O4. The molecular weight excluding hydrogens is 268 g/mol. The van der Waals surface area contributed by atoms with Gasteiger partial charge < -0.3 is 14.9 Å². The second kappa shape index (κ2) is 4.98. The number of ketones is 1. The highest BCUT2D eigenvalue weighted by Gasteiger charge is 2.24. The molecule has 4 nitrogen and oxygen atoms in total. The van der Waals surface area contributed by atoms with Crippen LogP contribution in [0.1, 0.15) is 21.5 Å². The van der Waals surface area contributed by atoms with Gasteiger partial charge in [0.05, 0.1) is 7.11 Å². The summed E-state index contributed by atoms with van der Waals surface area (Å²) >= 11 is 0. The van der Waals surface area contributed by atoms with Crippen molar-refractivity contribution in [1.29, 1.82) is 0 Å². The minimum Gasteiger partial charge on any atom is -0.508 e. The van der Waals surface area contributed by atoms with Crippen LogP contribution in [0.15, 0.2) is 42.0 Å². The van der Waals surface area contributed by atoms with Gasteiger partial charge in [0.15, 0.2) is 17.3 Å². The summed E-state index contributed by atoms with van der Waals surface area (Å²) in [6, 6.07) is 9.75. The van der Waals surface area contributed by atoms with Crippen molar-refractivity contribution in [3.8, 4) is 17.2 Å². The molecule has 0 spiro atoms. The normalized spacial score (nSPS) is 15.3. The van der Waals surface area contributed by atoms with Crippen LogP contribution >= 0.6 is 0 Å². The van der Waals surface area contributed by atoms with Gasteiger partial charge in [0.2, 0.25) is 0 Å². The van der Waals surface area contributed by atoms with Crippen molar-refractivity contribution in [2.45, 2.75) is 6.42 Å². The van der Waals surface area contributed by atoms with Crippen molar-refractivity contribution in [3.05, 3.63) is 58.7 Å². The number of phenols is 2. The minimum atomic E-state index is -0.0414. The first-order chi connectivity index (χ1) is 10.1. The molecule has 2 aromatic carbocycles. The number of ether oxygens (including phenoxy) is 1. The molecule has 0 heterocycles. The van der Waals surface area contributed by atoms with Gasteiger partial charge >= 0.3 is 0 Å². The lowest BCUT2D eigenvalue weighted by Gasteiger charge is -2.04. The van der Waals surface area contributed by atoms with Crippen molar-refractivity contribution in [2.75, 3.05) is 7.11 Å². The lowest BCUT2D eigenvalue weighted by atomic mass is 10.1. The zero-order valence-corrected chi connectivity index (χ0v) is 11.5. The van der Waals surface area contributed by atoms with Gasteiger partial charge in [-0.15, -0.1) is 0 Å². The third kappa shape index (κ3) is 2.36. The van der Waals surface area contributed by atoms with E-state index in [4.69, 9.17) is 4.74 Å². The van der Waals surface area contributed by atoms with E-state index in [1.54, 1.807) is 36.4 Å². The summed E-state index contributed by atoms with van der Waals surface area (Å²) in [4.78, 5) is 12.3. The quantitative estimate of drug-likeness (QED) is 0.831. The van der Waals surface area contributed by atoms with Crippen LogP contribution in [0.3, 0.4) is 0 Å². The third-order valence-corrected chi connectivity index (χ3v) is 3.55. The van der Waals surface area contributed by atoms with Crippen LogP contribution in [-0.2, 0) is 6.42 Å². The molecule has 1 aliphatic carbocycles.